The molecule has 4 heterocycles. The molecule has 0 aliphatic carbocycles. The summed E-state index contributed by atoms with van der Waals surface area (Å²) < 4.78 is 2.29. The van der Waals surface area contributed by atoms with E-state index < -0.39 is 11.8 Å². The van der Waals surface area contributed by atoms with E-state index in [0.29, 0.717) is 0 Å². The Kier molecular flexibility index (Phi) is 3.13. The van der Waals surface area contributed by atoms with Crippen LogP contribution >= 0.6 is 0 Å². The minimum atomic E-state index is -0.515. The standard InChI is InChI=1S/C23H19N3O2/c27-22-19(15-10-13-4-3-8-26-9-7-14(11-15)21(13)26)20(23(28)25-22)17-12-24-18-6-2-1-5-16(17)18/h1-2,5-7,9-12,19-20,24H,3-4,8H2,(H,25,27,28)/t19-,20-/m1/s1. The molecule has 0 spiro atoms. The normalized spacial score (nSPS) is 21.6. The zero-order valence-corrected chi connectivity index (χ0v) is 15.2. The highest BCUT2D eigenvalue weighted by atomic mass is 16.2. The molecular formula is C23H19N3O2. The molecule has 1 saturated heterocycles. The molecule has 2 amide bonds. The lowest BCUT2D eigenvalue weighted by Crippen LogP contribution is -2.21. The van der Waals surface area contributed by atoms with Gasteiger partial charge in [-0.1, -0.05) is 24.3 Å². The molecule has 0 bridgehead atoms. The van der Waals surface area contributed by atoms with Crippen LogP contribution in [0.3, 0.4) is 0 Å². The van der Waals surface area contributed by atoms with Gasteiger partial charge in [0.1, 0.15) is 0 Å². The van der Waals surface area contributed by atoms with Gasteiger partial charge in [0.25, 0.3) is 0 Å². The van der Waals surface area contributed by atoms with Crippen molar-refractivity contribution in [3.05, 3.63) is 71.5 Å². The van der Waals surface area contributed by atoms with Gasteiger partial charge in [-0.15, -0.1) is 0 Å². The molecule has 138 valence electrons. The monoisotopic (exact) mass is 369 g/mol. The minimum Gasteiger partial charge on any atom is -0.361 e. The lowest BCUT2D eigenvalue weighted by atomic mass is 9.81. The highest BCUT2D eigenvalue weighted by molar-refractivity contribution is 6.12. The molecule has 2 aromatic carbocycles. The Labute approximate surface area is 161 Å². The fourth-order valence-electron chi connectivity index (χ4n) is 5.06. The topological polar surface area (TPSA) is 66.9 Å². The Bertz CT molecular complexity index is 1280. The fourth-order valence-corrected chi connectivity index (χ4v) is 5.06. The molecule has 2 aromatic heterocycles. The summed E-state index contributed by atoms with van der Waals surface area (Å²) in [5.41, 5.74) is 5.33. The van der Waals surface area contributed by atoms with E-state index in [1.54, 1.807) is 0 Å². The van der Waals surface area contributed by atoms with Gasteiger partial charge in [-0.05, 0) is 47.7 Å². The molecule has 28 heavy (non-hydrogen) atoms. The lowest BCUT2D eigenvalue weighted by Gasteiger charge is -2.20. The number of nitrogens with one attached hydrogen (secondary N) is 2. The number of H-pyrrole nitrogens is 1. The average Bonchev–Trinajstić information content (AvgIpc) is 3.38. The number of aryl methyl sites for hydroxylation is 2. The average molecular weight is 369 g/mol. The summed E-state index contributed by atoms with van der Waals surface area (Å²) in [6.45, 7) is 1.04. The van der Waals surface area contributed by atoms with E-state index in [-0.39, 0.29) is 11.8 Å². The summed E-state index contributed by atoms with van der Waals surface area (Å²) in [7, 11) is 0. The lowest BCUT2D eigenvalue weighted by molar-refractivity contribution is -0.125. The van der Waals surface area contributed by atoms with Gasteiger partial charge in [0.2, 0.25) is 11.8 Å². The second-order valence-electron chi connectivity index (χ2n) is 7.83. The predicted molar refractivity (Wildman–Crippen MR) is 107 cm³/mol. The number of carbonyl (C=O) groups excluding carboxylic acids is 2. The van der Waals surface area contributed by atoms with Crippen LogP contribution in [0, 0.1) is 0 Å². The minimum absolute atomic E-state index is 0.206. The van der Waals surface area contributed by atoms with E-state index in [2.05, 4.69) is 39.3 Å². The molecule has 1 fully saturated rings. The smallest absolute Gasteiger partial charge is 0.235 e. The number of rotatable bonds is 2. The number of aromatic nitrogens is 2. The van der Waals surface area contributed by atoms with E-state index in [4.69, 9.17) is 0 Å². The largest absolute Gasteiger partial charge is 0.361 e. The third kappa shape index (κ3) is 2.07. The van der Waals surface area contributed by atoms with E-state index >= 15 is 0 Å². The maximum Gasteiger partial charge on any atom is 0.235 e. The van der Waals surface area contributed by atoms with Crippen molar-refractivity contribution in [3.63, 3.8) is 0 Å². The summed E-state index contributed by atoms with van der Waals surface area (Å²) in [6.07, 6.45) is 6.10. The van der Waals surface area contributed by atoms with Crippen molar-refractivity contribution in [3.8, 4) is 0 Å². The number of aromatic amines is 1. The molecule has 0 unspecified atom stereocenters. The Balaban J connectivity index is 1.54. The van der Waals surface area contributed by atoms with E-state index in [0.717, 1.165) is 46.8 Å². The quantitative estimate of drug-likeness (QED) is 0.530. The van der Waals surface area contributed by atoms with Crippen molar-refractivity contribution in [2.75, 3.05) is 0 Å². The fraction of sp³-hybridized carbons (Fsp3) is 0.217. The Morgan fingerprint density at radius 1 is 1.00 bits per heavy atom. The second-order valence-corrected chi connectivity index (χ2v) is 7.83. The molecule has 2 N–H and O–H groups in total. The summed E-state index contributed by atoms with van der Waals surface area (Å²) in [4.78, 5) is 28.9. The van der Waals surface area contributed by atoms with Gasteiger partial charge >= 0.3 is 0 Å². The van der Waals surface area contributed by atoms with Crippen molar-refractivity contribution in [2.45, 2.75) is 31.2 Å². The number of fused-ring (bicyclic) bond motifs is 1. The van der Waals surface area contributed by atoms with E-state index in [9.17, 15) is 9.59 Å². The van der Waals surface area contributed by atoms with Crippen LogP contribution in [-0.4, -0.2) is 21.4 Å². The van der Waals surface area contributed by atoms with Gasteiger partial charge in [0.05, 0.1) is 17.4 Å². The van der Waals surface area contributed by atoms with Crippen LogP contribution in [0.2, 0.25) is 0 Å². The van der Waals surface area contributed by atoms with Gasteiger partial charge in [-0.3, -0.25) is 14.9 Å². The second kappa shape index (κ2) is 5.58. The maximum absolute atomic E-state index is 12.8. The summed E-state index contributed by atoms with van der Waals surface area (Å²) in [5.74, 6) is -1.44. The van der Waals surface area contributed by atoms with Crippen LogP contribution in [0.1, 0.15) is 34.9 Å². The molecule has 6 rings (SSSR count). The maximum atomic E-state index is 12.8. The third-order valence-corrected chi connectivity index (χ3v) is 6.27. The summed E-state index contributed by atoms with van der Waals surface area (Å²) in [5, 5.41) is 4.72. The number of para-hydroxylation sites is 1. The number of carbonyl (C=O) groups is 2. The van der Waals surface area contributed by atoms with Crippen LogP contribution in [-0.2, 0) is 22.6 Å². The molecule has 2 atom stereocenters. The van der Waals surface area contributed by atoms with Crippen LogP contribution in [0.4, 0.5) is 0 Å². The van der Waals surface area contributed by atoms with E-state index in [1.807, 2.05) is 30.5 Å². The highest BCUT2D eigenvalue weighted by Crippen LogP contribution is 2.42. The molecule has 2 aliphatic heterocycles. The molecule has 2 aliphatic rings. The number of hydrogen-bond donors (Lipinski definition) is 2. The summed E-state index contributed by atoms with van der Waals surface area (Å²) >= 11 is 0. The SMILES string of the molecule is O=C1NC(=O)[C@H](c2c[nH]c3ccccc23)[C@H]1c1cc2c3c(ccn3CCC2)c1. The van der Waals surface area contributed by atoms with Gasteiger partial charge in [-0.2, -0.15) is 0 Å². The number of benzene rings is 2. The first-order valence-corrected chi connectivity index (χ1v) is 9.73. The molecule has 0 radical (unpaired) electrons. The molecule has 0 saturated carbocycles. The van der Waals surface area contributed by atoms with Gasteiger partial charge in [0.15, 0.2) is 0 Å². The van der Waals surface area contributed by atoms with Crippen molar-refractivity contribution >= 4 is 33.6 Å². The van der Waals surface area contributed by atoms with Crippen LogP contribution < -0.4 is 5.32 Å². The number of amides is 2. The van der Waals surface area contributed by atoms with Gasteiger partial charge in [-0.25, -0.2) is 0 Å². The first kappa shape index (κ1) is 15.7. The van der Waals surface area contributed by atoms with Crippen LogP contribution in [0.15, 0.2) is 54.9 Å². The molecule has 5 nitrogen and oxygen atoms in total. The van der Waals surface area contributed by atoms with Crippen molar-refractivity contribution in [2.24, 2.45) is 0 Å². The number of imide groups is 1. The molecular weight excluding hydrogens is 350 g/mol. The van der Waals surface area contributed by atoms with Gasteiger partial charge in [0, 0.05) is 35.2 Å². The Morgan fingerprint density at radius 3 is 2.79 bits per heavy atom. The van der Waals surface area contributed by atoms with E-state index in [1.165, 1.54) is 11.1 Å². The Hall–Kier alpha value is -3.34. The highest BCUT2D eigenvalue weighted by Gasteiger charge is 2.44. The number of hydrogen-bond acceptors (Lipinski definition) is 2. The third-order valence-electron chi connectivity index (χ3n) is 6.27. The van der Waals surface area contributed by atoms with Gasteiger partial charge < -0.3 is 9.55 Å². The predicted octanol–water partition coefficient (Wildman–Crippen LogP) is 3.59. The first-order chi connectivity index (χ1) is 13.7. The summed E-state index contributed by atoms with van der Waals surface area (Å²) in [6, 6.07) is 14.3. The zero-order valence-electron chi connectivity index (χ0n) is 15.2. The van der Waals surface area contributed by atoms with Crippen LogP contribution in [0.25, 0.3) is 21.8 Å². The molecule has 4 aromatic rings. The van der Waals surface area contributed by atoms with Crippen LogP contribution in [0.5, 0.6) is 0 Å². The Morgan fingerprint density at radius 2 is 1.86 bits per heavy atom. The van der Waals surface area contributed by atoms with Crippen molar-refractivity contribution in [1.82, 2.24) is 14.9 Å². The number of nitrogens with zero attached hydrogens (tertiary/aromatic N) is 1. The van der Waals surface area contributed by atoms with Crippen molar-refractivity contribution in [1.29, 1.82) is 0 Å². The first-order valence-electron chi connectivity index (χ1n) is 9.73. The van der Waals surface area contributed by atoms with Crippen molar-refractivity contribution < 1.29 is 9.59 Å². The zero-order chi connectivity index (χ0) is 18.8. The molecule has 5 heteroatoms.